The fraction of sp³-hybridized carbons (Fsp3) is 0. The van der Waals surface area contributed by atoms with E-state index in [0.29, 0.717) is 11.3 Å². The highest BCUT2D eigenvalue weighted by atomic mass is 127. The van der Waals surface area contributed by atoms with Gasteiger partial charge in [-0.3, -0.25) is 9.78 Å². The van der Waals surface area contributed by atoms with Gasteiger partial charge in [0.05, 0.1) is 11.8 Å². The molecule has 0 spiro atoms. The van der Waals surface area contributed by atoms with E-state index in [4.69, 9.17) is 4.42 Å². The first kappa shape index (κ1) is 11.8. The minimum absolute atomic E-state index is 0.310. The highest BCUT2D eigenvalue weighted by Crippen LogP contribution is 2.07. The molecule has 0 radical (unpaired) electrons. The summed E-state index contributed by atoms with van der Waals surface area (Å²) in [5.41, 5.74) is 2.84. The van der Waals surface area contributed by atoms with Gasteiger partial charge in [-0.1, -0.05) is 0 Å². The molecule has 2 heterocycles. The number of hydrogen-bond donors (Lipinski definition) is 1. The van der Waals surface area contributed by atoms with Gasteiger partial charge in [-0.15, -0.1) is 0 Å². The number of nitrogens with one attached hydrogen (secondary N) is 1. The molecule has 5 nitrogen and oxygen atoms in total. The van der Waals surface area contributed by atoms with Crippen molar-refractivity contribution in [3.8, 4) is 0 Å². The Balaban J connectivity index is 1.95. The van der Waals surface area contributed by atoms with E-state index in [1.807, 2.05) is 6.07 Å². The van der Waals surface area contributed by atoms with E-state index in [0.717, 1.165) is 3.77 Å². The van der Waals surface area contributed by atoms with Crippen LogP contribution >= 0.6 is 22.6 Å². The third-order valence-electron chi connectivity index (χ3n) is 1.88. The summed E-state index contributed by atoms with van der Waals surface area (Å²) in [4.78, 5) is 15.4. The standard InChI is InChI=1S/C11H8IN3O2/c12-10-4-3-9(17-10)7-14-15-11(16)8-2-1-5-13-6-8/h1-7H,(H,15,16)/b14-7-. The van der Waals surface area contributed by atoms with Crippen molar-refractivity contribution in [1.29, 1.82) is 0 Å². The quantitative estimate of drug-likeness (QED) is 0.528. The lowest BCUT2D eigenvalue weighted by Gasteiger charge is -1.97. The maximum atomic E-state index is 11.5. The van der Waals surface area contributed by atoms with Crippen molar-refractivity contribution in [1.82, 2.24) is 10.4 Å². The predicted molar refractivity (Wildman–Crippen MR) is 70.7 cm³/mol. The molecule has 0 saturated carbocycles. The lowest BCUT2D eigenvalue weighted by atomic mass is 10.3. The van der Waals surface area contributed by atoms with Crippen LogP contribution in [0, 0.1) is 3.77 Å². The van der Waals surface area contributed by atoms with E-state index in [1.54, 1.807) is 24.4 Å². The Hall–Kier alpha value is -1.70. The Labute approximate surface area is 111 Å². The summed E-state index contributed by atoms with van der Waals surface area (Å²) in [6.45, 7) is 0. The minimum Gasteiger partial charge on any atom is -0.449 e. The Morgan fingerprint density at radius 1 is 1.47 bits per heavy atom. The van der Waals surface area contributed by atoms with Gasteiger partial charge in [-0.2, -0.15) is 5.10 Å². The Kier molecular flexibility index (Phi) is 3.86. The van der Waals surface area contributed by atoms with Crippen molar-refractivity contribution in [3.63, 3.8) is 0 Å². The largest absolute Gasteiger partial charge is 0.449 e. The van der Waals surface area contributed by atoms with Crippen LogP contribution in [-0.4, -0.2) is 17.1 Å². The van der Waals surface area contributed by atoms with Gasteiger partial charge in [0.25, 0.3) is 5.91 Å². The van der Waals surface area contributed by atoms with Crippen LogP contribution in [0.1, 0.15) is 16.1 Å². The molecule has 86 valence electrons. The summed E-state index contributed by atoms with van der Waals surface area (Å²) in [6.07, 6.45) is 4.52. The average molecular weight is 341 g/mol. The van der Waals surface area contributed by atoms with E-state index in [2.05, 4.69) is 38.1 Å². The Morgan fingerprint density at radius 3 is 3.00 bits per heavy atom. The number of carbonyl (C=O) groups excluding carboxylic acids is 1. The summed E-state index contributed by atoms with van der Waals surface area (Å²) in [5.74, 6) is 0.275. The van der Waals surface area contributed by atoms with Gasteiger partial charge in [0.15, 0.2) is 3.77 Å². The molecule has 0 atom stereocenters. The van der Waals surface area contributed by atoms with Crippen LogP contribution in [0.5, 0.6) is 0 Å². The van der Waals surface area contributed by atoms with Crippen LogP contribution in [0.15, 0.2) is 46.2 Å². The summed E-state index contributed by atoms with van der Waals surface area (Å²) in [5, 5.41) is 3.78. The second kappa shape index (κ2) is 5.58. The molecule has 6 heteroatoms. The van der Waals surface area contributed by atoms with Gasteiger partial charge in [0.2, 0.25) is 0 Å². The van der Waals surface area contributed by atoms with Crippen LogP contribution < -0.4 is 5.43 Å². The first-order valence-corrected chi connectivity index (χ1v) is 5.82. The molecule has 0 saturated heterocycles. The SMILES string of the molecule is O=C(N/N=C\c1ccc(I)o1)c1cccnc1. The van der Waals surface area contributed by atoms with Gasteiger partial charge < -0.3 is 4.42 Å². The smallest absolute Gasteiger partial charge is 0.272 e. The number of amides is 1. The molecular formula is C11H8IN3O2. The van der Waals surface area contributed by atoms with Crippen LogP contribution in [-0.2, 0) is 0 Å². The van der Waals surface area contributed by atoms with Gasteiger partial charge >= 0.3 is 0 Å². The predicted octanol–water partition coefficient (Wildman–Crippen LogP) is 2.04. The van der Waals surface area contributed by atoms with Gasteiger partial charge in [-0.05, 0) is 46.9 Å². The number of rotatable bonds is 3. The van der Waals surface area contributed by atoms with E-state index in [1.165, 1.54) is 12.4 Å². The number of halogens is 1. The van der Waals surface area contributed by atoms with Crippen LogP contribution in [0.2, 0.25) is 0 Å². The maximum absolute atomic E-state index is 11.5. The summed E-state index contributed by atoms with van der Waals surface area (Å²) in [6, 6.07) is 6.92. The Bertz CT molecular complexity index is 537. The highest BCUT2D eigenvalue weighted by Gasteiger charge is 2.02. The van der Waals surface area contributed by atoms with Crippen LogP contribution in [0.3, 0.4) is 0 Å². The molecule has 0 fully saturated rings. The average Bonchev–Trinajstić information content (AvgIpc) is 2.76. The molecule has 2 aromatic heterocycles. The number of carbonyl (C=O) groups is 1. The number of furan rings is 1. The number of nitrogens with zero attached hydrogens (tertiary/aromatic N) is 2. The van der Waals surface area contributed by atoms with Crippen molar-refractivity contribution in [3.05, 3.63) is 51.7 Å². The zero-order valence-corrected chi connectivity index (χ0v) is 10.8. The molecule has 1 N–H and O–H groups in total. The normalized spacial score (nSPS) is 10.6. The maximum Gasteiger partial charge on any atom is 0.272 e. The fourth-order valence-electron chi connectivity index (χ4n) is 1.11. The topological polar surface area (TPSA) is 67.5 Å². The number of hydrogen-bond acceptors (Lipinski definition) is 4. The van der Waals surface area contributed by atoms with E-state index in [-0.39, 0.29) is 5.91 Å². The molecule has 2 aromatic rings. The Morgan fingerprint density at radius 2 is 2.35 bits per heavy atom. The summed E-state index contributed by atoms with van der Waals surface area (Å²) < 4.78 is 6.01. The molecule has 17 heavy (non-hydrogen) atoms. The van der Waals surface area contributed by atoms with Crippen LogP contribution in [0.4, 0.5) is 0 Å². The van der Waals surface area contributed by atoms with Gasteiger partial charge in [0, 0.05) is 12.4 Å². The van der Waals surface area contributed by atoms with Gasteiger partial charge in [0.1, 0.15) is 5.76 Å². The highest BCUT2D eigenvalue weighted by molar-refractivity contribution is 14.1. The molecule has 0 bridgehead atoms. The van der Waals surface area contributed by atoms with Crippen molar-refractivity contribution in [2.75, 3.05) is 0 Å². The van der Waals surface area contributed by atoms with Crippen molar-refractivity contribution in [2.45, 2.75) is 0 Å². The first-order chi connectivity index (χ1) is 8.25. The third-order valence-corrected chi connectivity index (χ3v) is 2.46. The molecule has 0 aliphatic carbocycles. The van der Waals surface area contributed by atoms with E-state index >= 15 is 0 Å². The molecule has 2 rings (SSSR count). The second-order valence-electron chi connectivity index (χ2n) is 3.08. The lowest BCUT2D eigenvalue weighted by molar-refractivity contribution is 0.0955. The lowest BCUT2D eigenvalue weighted by Crippen LogP contribution is -2.17. The monoisotopic (exact) mass is 341 g/mol. The minimum atomic E-state index is -0.310. The van der Waals surface area contributed by atoms with Crippen LogP contribution in [0.25, 0.3) is 0 Å². The fourth-order valence-corrected chi connectivity index (χ4v) is 1.55. The molecule has 0 aliphatic heterocycles. The molecular weight excluding hydrogens is 333 g/mol. The zero-order valence-electron chi connectivity index (χ0n) is 8.63. The third kappa shape index (κ3) is 3.38. The molecule has 0 aromatic carbocycles. The second-order valence-corrected chi connectivity index (χ2v) is 4.15. The molecule has 0 unspecified atom stereocenters. The number of aromatic nitrogens is 1. The molecule has 0 aliphatic rings. The first-order valence-electron chi connectivity index (χ1n) is 4.74. The molecule has 1 amide bonds. The van der Waals surface area contributed by atoms with E-state index in [9.17, 15) is 4.79 Å². The summed E-state index contributed by atoms with van der Waals surface area (Å²) in [7, 11) is 0. The number of hydrazone groups is 1. The van der Waals surface area contributed by atoms with E-state index < -0.39 is 0 Å². The van der Waals surface area contributed by atoms with Crippen molar-refractivity contribution < 1.29 is 9.21 Å². The summed E-state index contributed by atoms with van der Waals surface area (Å²) >= 11 is 2.05. The number of pyridine rings is 1. The van der Waals surface area contributed by atoms with Crippen molar-refractivity contribution in [2.24, 2.45) is 5.10 Å². The van der Waals surface area contributed by atoms with Gasteiger partial charge in [-0.25, -0.2) is 5.43 Å². The zero-order chi connectivity index (χ0) is 12.1. The van der Waals surface area contributed by atoms with Crippen molar-refractivity contribution >= 4 is 34.7 Å².